The molecule has 1 aromatic rings. The molecule has 0 aliphatic carbocycles. The normalized spacial score (nSPS) is 21.1. The smallest absolute Gasteiger partial charge is 0.333 e. The molecule has 4 nitrogen and oxygen atoms in total. The van der Waals surface area contributed by atoms with Crippen molar-refractivity contribution in [2.45, 2.75) is 25.6 Å². The standard InChI is InChI=1S/C12H14O4/c13-11(7-6-10-4-3-9-14-10)16-12-5-1-2-8-15-12/h3-4,6-7,9,12H,1-2,5,8H2. The summed E-state index contributed by atoms with van der Waals surface area (Å²) in [5.74, 6) is 0.227. The van der Waals surface area contributed by atoms with E-state index in [0.29, 0.717) is 12.4 Å². The molecule has 4 heteroatoms. The van der Waals surface area contributed by atoms with Gasteiger partial charge in [0.2, 0.25) is 6.29 Å². The minimum Gasteiger partial charge on any atom is -0.465 e. The van der Waals surface area contributed by atoms with Crippen molar-refractivity contribution in [3.63, 3.8) is 0 Å². The number of ether oxygens (including phenoxy) is 2. The van der Waals surface area contributed by atoms with Crippen LogP contribution in [0.4, 0.5) is 0 Å². The summed E-state index contributed by atoms with van der Waals surface area (Å²) in [6.07, 6.45) is 6.94. The molecule has 1 saturated heterocycles. The second kappa shape index (κ2) is 5.51. The van der Waals surface area contributed by atoms with Gasteiger partial charge in [-0.2, -0.15) is 0 Å². The molecule has 1 unspecified atom stereocenters. The Morgan fingerprint density at radius 1 is 1.50 bits per heavy atom. The Labute approximate surface area is 93.8 Å². The van der Waals surface area contributed by atoms with Crippen molar-refractivity contribution in [2.75, 3.05) is 6.61 Å². The Morgan fingerprint density at radius 2 is 2.44 bits per heavy atom. The monoisotopic (exact) mass is 222 g/mol. The zero-order valence-corrected chi connectivity index (χ0v) is 8.93. The van der Waals surface area contributed by atoms with E-state index < -0.39 is 5.97 Å². The van der Waals surface area contributed by atoms with Gasteiger partial charge in [0.15, 0.2) is 0 Å². The van der Waals surface area contributed by atoms with Crippen molar-refractivity contribution in [3.05, 3.63) is 30.2 Å². The average Bonchev–Trinajstić information content (AvgIpc) is 2.81. The minimum atomic E-state index is -0.400. The highest BCUT2D eigenvalue weighted by Crippen LogP contribution is 2.14. The van der Waals surface area contributed by atoms with Gasteiger partial charge < -0.3 is 13.9 Å². The second-order valence-corrected chi connectivity index (χ2v) is 3.58. The van der Waals surface area contributed by atoms with Gasteiger partial charge in [-0.15, -0.1) is 0 Å². The van der Waals surface area contributed by atoms with Gasteiger partial charge in [-0.3, -0.25) is 0 Å². The van der Waals surface area contributed by atoms with Gasteiger partial charge in [0.25, 0.3) is 0 Å². The van der Waals surface area contributed by atoms with Gasteiger partial charge in [-0.05, 0) is 31.1 Å². The Morgan fingerprint density at radius 3 is 3.12 bits per heavy atom. The summed E-state index contributed by atoms with van der Waals surface area (Å²) in [5.41, 5.74) is 0. The molecule has 0 bridgehead atoms. The summed E-state index contributed by atoms with van der Waals surface area (Å²) in [6.45, 7) is 0.667. The van der Waals surface area contributed by atoms with Crippen LogP contribution in [0.3, 0.4) is 0 Å². The highest BCUT2D eigenvalue weighted by molar-refractivity contribution is 5.86. The summed E-state index contributed by atoms with van der Waals surface area (Å²) < 4.78 is 15.4. The van der Waals surface area contributed by atoms with Gasteiger partial charge >= 0.3 is 5.97 Å². The van der Waals surface area contributed by atoms with Crippen LogP contribution < -0.4 is 0 Å². The molecule has 16 heavy (non-hydrogen) atoms. The van der Waals surface area contributed by atoms with E-state index in [-0.39, 0.29) is 6.29 Å². The molecule has 0 spiro atoms. The number of carbonyl (C=O) groups is 1. The number of rotatable bonds is 3. The molecule has 2 rings (SSSR count). The highest BCUT2D eigenvalue weighted by atomic mass is 16.7. The molecule has 1 atom stereocenters. The third-order valence-electron chi connectivity index (χ3n) is 2.31. The van der Waals surface area contributed by atoms with E-state index in [4.69, 9.17) is 13.9 Å². The maximum atomic E-state index is 11.4. The average molecular weight is 222 g/mol. The summed E-state index contributed by atoms with van der Waals surface area (Å²) in [4.78, 5) is 11.4. The lowest BCUT2D eigenvalue weighted by Gasteiger charge is -2.21. The van der Waals surface area contributed by atoms with Gasteiger partial charge in [-0.1, -0.05) is 0 Å². The minimum absolute atomic E-state index is 0.387. The van der Waals surface area contributed by atoms with Crippen molar-refractivity contribution in [1.29, 1.82) is 0 Å². The summed E-state index contributed by atoms with van der Waals surface area (Å²) in [6, 6.07) is 3.52. The number of hydrogen-bond acceptors (Lipinski definition) is 4. The molecule has 0 amide bonds. The zero-order chi connectivity index (χ0) is 11.2. The van der Waals surface area contributed by atoms with Crippen molar-refractivity contribution in [1.82, 2.24) is 0 Å². The van der Waals surface area contributed by atoms with Gasteiger partial charge in [0, 0.05) is 12.5 Å². The van der Waals surface area contributed by atoms with Crippen molar-refractivity contribution < 1.29 is 18.7 Å². The van der Waals surface area contributed by atoms with Crippen LogP contribution in [0.2, 0.25) is 0 Å². The molecule has 0 N–H and O–H groups in total. The Bertz CT molecular complexity index is 347. The van der Waals surface area contributed by atoms with Crippen LogP contribution in [0.1, 0.15) is 25.0 Å². The molecule has 2 heterocycles. The number of esters is 1. The lowest BCUT2D eigenvalue weighted by molar-refractivity contribution is -0.181. The molecule has 0 aromatic carbocycles. The van der Waals surface area contributed by atoms with Crippen molar-refractivity contribution in [3.8, 4) is 0 Å². The SMILES string of the molecule is O=C(C=Cc1ccco1)OC1CCCCO1. The van der Waals surface area contributed by atoms with Gasteiger partial charge in [-0.25, -0.2) is 4.79 Å². The molecule has 0 saturated carbocycles. The Balaban J connectivity index is 1.79. The van der Waals surface area contributed by atoms with E-state index in [1.807, 2.05) is 0 Å². The van der Waals surface area contributed by atoms with Crippen LogP contribution in [-0.2, 0) is 14.3 Å². The largest absolute Gasteiger partial charge is 0.465 e. The van der Waals surface area contributed by atoms with Crippen LogP contribution in [-0.4, -0.2) is 18.9 Å². The maximum absolute atomic E-state index is 11.4. The molecule has 1 fully saturated rings. The summed E-state index contributed by atoms with van der Waals surface area (Å²) >= 11 is 0. The van der Waals surface area contributed by atoms with Gasteiger partial charge in [0.05, 0.1) is 12.9 Å². The van der Waals surface area contributed by atoms with Crippen LogP contribution in [0.5, 0.6) is 0 Å². The fraction of sp³-hybridized carbons (Fsp3) is 0.417. The summed E-state index contributed by atoms with van der Waals surface area (Å²) in [5, 5.41) is 0. The van der Waals surface area contributed by atoms with E-state index in [2.05, 4.69) is 0 Å². The highest BCUT2D eigenvalue weighted by Gasteiger charge is 2.16. The van der Waals surface area contributed by atoms with E-state index >= 15 is 0 Å². The van der Waals surface area contributed by atoms with E-state index in [9.17, 15) is 4.79 Å². The fourth-order valence-corrected chi connectivity index (χ4v) is 1.51. The third kappa shape index (κ3) is 3.24. The van der Waals surface area contributed by atoms with E-state index in [1.54, 1.807) is 24.5 Å². The second-order valence-electron chi connectivity index (χ2n) is 3.58. The molecule has 1 aliphatic rings. The molecule has 1 aliphatic heterocycles. The first-order valence-corrected chi connectivity index (χ1v) is 5.38. The fourth-order valence-electron chi connectivity index (χ4n) is 1.51. The number of carbonyl (C=O) groups excluding carboxylic acids is 1. The lowest BCUT2D eigenvalue weighted by Crippen LogP contribution is -2.24. The van der Waals surface area contributed by atoms with Crippen LogP contribution in [0.15, 0.2) is 28.9 Å². The number of furan rings is 1. The van der Waals surface area contributed by atoms with Crippen LogP contribution in [0, 0.1) is 0 Å². The predicted octanol–water partition coefficient (Wildman–Crippen LogP) is 2.36. The molecular weight excluding hydrogens is 208 g/mol. The van der Waals surface area contributed by atoms with E-state index in [1.165, 1.54) is 6.08 Å². The molecule has 0 radical (unpaired) electrons. The topological polar surface area (TPSA) is 48.7 Å². The first kappa shape index (κ1) is 11.0. The zero-order valence-electron chi connectivity index (χ0n) is 8.93. The van der Waals surface area contributed by atoms with Crippen LogP contribution in [0.25, 0.3) is 6.08 Å². The maximum Gasteiger partial charge on any atom is 0.333 e. The quantitative estimate of drug-likeness (QED) is 0.582. The van der Waals surface area contributed by atoms with Crippen molar-refractivity contribution in [2.24, 2.45) is 0 Å². The predicted molar refractivity (Wildman–Crippen MR) is 57.4 cm³/mol. The van der Waals surface area contributed by atoms with E-state index in [0.717, 1.165) is 19.3 Å². The third-order valence-corrected chi connectivity index (χ3v) is 2.31. The lowest BCUT2D eigenvalue weighted by atomic mass is 10.2. The Hall–Kier alpha value is -1.55. The van der Waals surface area contributed by atoms with Crippen LogP contribution >= 0.6 is 0 Å². The van der Waals surface area contributed by atoms with Gasteiger partial charge in [0.1, 0.15) is 5.76 Å². The first-order chi connectivity index (χ1) is 7.84. The van der Waals surface area contributed by atoms with Crippen molar-refractivity contribution >= 4 is 12.0 Å². The molecule has 86 valence electrons. The molecular formula is C12H14O4. The first-order valence-electron chi connectivity index (χ1n) is 5.38. The summed E-state index contributed by atoms with van der Waals surface area (Å²) in [7, 11) is 0. The number of hydrogen-bond donors (Lipinski definition) is 0. The molecule has 1 aromatic heterocycles. The Kier molecular flexibility index (Phi) is 3.77.